The third-order valence-corrected chi connectivity index (χ3v) is 5.38. The van der Waals surface area contributed by atoms with Gasteiger partial charge in [-0.3, -0.25) is 0 Å². The highest BCUT2D eigenvalue weighted by Gasteiger charge is 2.25. The number of aromatic nitrogens is 2. The number of methoxy groups -OCH3 is 1. The van der Waals surface area contributed by atoms with Crippen molar-refractivity contribution in [1.82, 2.24) is 20.4 Å². The lowest BCUT2D eigenvalue weighted by Crippen LogP contribution is -2.44. The Bertz CT molecular complexity index is 1000. The van der Waals surface area contributed by atoms with Gasteiger partial charge in [0.1, 0.15) is 5.75 Å². The number of benzene rings is 2. The van der Waals surface area contributed by atoms with Crippen LogP contribution in [0, 0.1) is 0 Å². The molecule has 0 bridgehead atoms. The fourth-order valence-corrected chi connectivity index (χ4v) is 3.84. The Labute approximate surface area is 183 Å². The maximum absolute atomic E-state index is 5.53. The highest BCUT2D eigenvalue weighted by Crippen LogP contribution is 2.30. The van der Waals surface area contributed by atoms with Gasteiger partial charge in [-0.25, -0.2) is 9.67 Å². The summed E-state index contributed by atoms with van der Waals surface area (Å²) in [6.07, 6.45) is 4.95. The molecule has 1 aliphatic heterocycles. The van der Waals surface area contributed by atoms with E-state index in [4.69, 9.17) is 9.73 Å². The lowest BCUT2D eigenvalue weighted by atomic mass is 10.2. The first-order valence-electron chi connectivity index (χ1n) is 10.8. The van der Waals surface area contributed by atoms with Gasteiger partial charge in [0.2, 0.25) is 0 Å². The smallest absolute Gasteiger partial charge is 0.191 e. The number of hydrogen-bond donors (Lipinski definition) is 2. The van der Waals surface area contributed by atoms with Crippen LogP contribution in [0.25, 0.3) is 5.69 Å². The molecule has 2 N–H and O–H groups in total. The van der Waals surface area contributed by atoms with Gasteiger partial charge in [0.05, 0.1) is 31.2 Å². The molecular weight excluding hydrogens is 388 g/mol. The van der Waals surface area contributed by atoms with Crippen LogP contribution < -0.4 is 20.3 Å². The average Bonchev–Trinajstić information content (AvgIpc) is 3.48. The third kappa shape index (κ3) is 5.17. The van der Waals surface area contributed by atoms with Gasteiger partial charge in [0, 0.05) is 37.4 Å². The molecule has 0 amide bonds. The van der Waals surface area contributed by atoms with E-state index in [2.05, 4.69) is 39.7 Å². The summed E-state index contributed by atoms with van der Waals surface area (Å²) in [6.45, 7) is 5.38. The van der Waals surface area contributed by atoms with Gasteiger partial charge in [-0.15, -0.1) is 0 Å². The zero-order valence-corrected chi connectivity index (χ0v) is 18.2. The van der Waals surface area contributed by atoms with Gasteiger partial charge in [0.15, 0.2) is 5.96 Å². The second-order valence-electron chi connectivity index (χ2n) is 7.57. The van der Waals surface area contributed by atoms with E-state index in [0.717, 1.165) is 54.7 Å². The van der Waals surface area contributed by atoms with Crippen LogP contribution in [0.15, 0.2) is 72.0 Å². The zero-order chi connectivity index (χ0) is 21.5. The molecule has 3 aromatic rings. The number of guanidine groups is 1. The molecule has 1 fully saturated rings. The van der Waals surface area contributed by atoms with Gasteiger partial charge < -0.3 is 20.3 Å². The predicted octanol–water partition coefficient (Wildman–Crippen LogP) is 3.21. The van der Waals surface area contributed by atoms with E-state index in [1.807, 2.05) is 59.5 Å². The van der Waals surface area contributed by atoms with Crippen LogP contribution in [0.3, 0.4) is 0 Å². The largest absolute Gasteiger partial charge is 0.495 e. The molecule has 7 heteroatoms. The molecule has 1 saturated heterocycles. The summed E-state index contributed by atoms with van der Waals surface area (Å²) in [5.41, 5.74) is 3.26. The summed E-state index contributed by atoms with van der Waals surface area (Å²) in [6, 6.07) is 18.6. The van der Waals surface area contributed by atoms with Crippen LogP contribution in [0.1, 0.15) is 18.9 Å². The Hall–Kier alpha value is -3.48. The minimum atomic E-state index is 0.328. The lowest BCUT2D eigenvalue weighted by molar-refractivity contribution is 0.415. The molecule has 4 rings (SSSR count). The van der Waals surface area contributed by atoms with E-state index in [1.165, 1.54) is 0 Å². The summed E-state index contributed by atoms with van der Waals surface area (Å²) in [5.74, 6) is 1.75. The monoisotopic (exact) mass is 418 g/mol. The van der Waals surface area contributed by atoms with Gasteiger partial charge >= 0.3 is 0 Å². The number of hydrogen-bond acceptors (Lipinski definition) is 4. The minimum Gasteiger partial charge on any atom is -0.495 e. The number of rotatable bonds is 7. The Balaban J connectivity index is 1.38. The zero-order valence-electron chi connectivity index (χ0n) is 18.2. The maximum Gasteiger partial charge on any atom is 0.191 e. The van der Waals surface area contributed by atoms with Crippen LogP contribution in [-0.4, -0.2) is 48.5 Å². The number of nitrogens with zero attached hydrogens (tertiary/aromatic N) is 4. The van der Waals surface area contributed by atoms with Crippen molar-refractivity contribution in [2.75, 3.05) is 31.6 Å². The van der Waals surface area contributed by atoms with Crippen molar-refractivity contribution in [2.24, 2.45) is 4.99 Å². The molecule has 1 unspecified atom stereocenters. The molecule has 0 spiro atoms. The first kappa shape index (κ1) is 20.8. The Kier molecular flexibility index (Phi) is 6.72. The van der Waals surface area contributed by atoms with Gasteiger partial charge in [-0.2, -0.15) is 5.10 Å². The molecule has 1 aromatic heterocycles. The predicted molar refractivity (Wildman–Crippen MR) is 125 cm³/mol. The summed E-state index contributed by atoms with van der Waals surface area (Å²) >= 11 is 0. The van der Waals surface area contributed by atoms with Crippen LogP contribution in [0.4, 0.5) is 5.69 Å². The van der Waals surface area contributed by atoms with Crippen molar-refractivity contribution in [1.29, 1.82) is 0 Å². The van der Waals surface area contributed by atoms with Crippen molar-refractivity contribution in [3.8, 4) is 11.4 Å². The molecular formula is C24H30N6O. The molecule has 0 radical (unpaired) electrons. The molecule has 0 aliphatic carbocycles. The van der Waals surface area contributed by atoms with Crippen molar-refractivity contribution in [2.45, 2.75) is 25.9 Å². The number of anilines is 1. The average molecular weight is 419 g/mol. The third-order valence-electron chi connectivity index (χ3n) is 5.38. The first-order valence-corrected chi connectivity index (χ1v) is 10.8. The summed E-state index contributed by atoms with van der Waals surface area (Å²) in [5, 5.41) is 11.4. The van der Waals surface area contributed by atoms with Crippen molar-refractivity contribution in [3.05, 3.63) is 72.6 Å². The van der Waals surface area contributed by atoms with E-state index in [1.54, 1.807) is 7.11 Å². The van der Waals surface area contributed by atoms with Crippen LogP contribution in [0.5, 0.6) is 5.75 Å². The van der Waals surface area contributed by atoms with Crippen molar-refractivity contribution < 1.29 is 4.74 Å². The first-order chi connectivity index (χ1) is 15.3. The molecule has 7 nitrogen and oxygen atoms in total. The SMILES string of the molecule is CCNC(=NCc1cnn(-c2ccccc2)c1)NC1CCN(c2ccccc2OC)C1. The van der Waals surface area contributed by atoms with E-state index < -0.39 is 0 Å². The molecule has 0 saturated carbocycles. The molecule has 2 heterocycles. The lowest BCUT2D eigenvalue weighted by Gasteiger charge is -2.22. The van der Waals surface area contributed by atoms with E-state index in [-0.39, 0.29) is 0 Å². The fourth-order valence-electron chi connectivity index (χ4n) is 3.84. The van der Waals surface area contributed by atoms with E-state index in [0.29, 0.717) is 12.6 Å². The van der Waals surface area contributed by atoms with Crippen molar-refractivity contribution >= 4 is 11.6 Å². The summed E-state index contributed by atoms with van der Waals surface area (Å²) < 4.78 is 7.41. The Morgan fingerprint density at radius 1 is 1.16 bits per heavy atom. The highest BCUT2D eigenvalue weighted by atomic mass is 16.5. The molecule has 162 valence electrons. The fraction of sp³-hybridized carbons (Fsp3) is 0.333. The van der Waals surface area contributed by atoms with Gasteiger partial charge in [-0.1, -0.05) is 30.3 Å². The molecule has 1 aliphatic rings. The molecule has 1 atom stereocenters. The number of nitrogens with one attached hydrogen (secondary N) is 2. The minimum absolute atomic E-state index is 0.328. The topological polar surface area (TPSA) is 66.7 Å². The molecule has 31 heavy (non-hydrogen) atoms. The van der Waals surface area contributed by atoms with E-state index in [9.17, 15) is 0 Å². The number of ether oxygens (including phenoxy) is 1. The van der Waals surface area contributed by atoms with Gasteiger partial charge in [0.25, 0.3) is 0 Å². The van der Waals surface area contributed by atoms with Crippen LogP contribution in [-0.2, 0) is 6.54 Å². The quantitative estimate of drug-likeness (QED) is 0.456. The second kappa shape index (κ2) is 10.0. The number of aliphatic imine (C=N–C) groups is 1. The highest BCUT2D eigenvalue weighted by molar-refractivity contribution is 5.80. The van der Waals surface area contributed by atoms with E-state index >= 15 is 0 Å². The van der Waals surface area contributed by atoms with Crippen LogP contribution >= 0.6 is 0 Å². The van der Waals surface area contributed by atoms with Crippen molar-refractivity contribution in [3.63, 3.8) is 0 Å². The van der Waals surface area contributed by atoms with Crippen LogP contribution in [0.2, 0.25) is 0 Å². The molecule has 2 aromatic carbocycles. The number of para-hydroxylation sites is 3. The summed E-state index contributed by atoms with van der Waals surface area (Å²) in [4.78, 5) is 7.15. The second-order valence-corrected chi connectivity index (χ2v) is 7.57. The van der Waals surface area contributed by atoms with Gasteiger partial charge in [-0.05, 0) is 37.6 Å². The Morgan fingerprint density at radius 3 is 2.77 bits per heavy atom. The maximum atomic E-state index is 5.53. The summed E-state index contributed by atoms with van der Waals surface area (Å²) in [7, 11) is 1.72. The standard InChI is InChI=1S/C24H30N6O/c1-3-25-24(26-15-19-16-27-30(17-19)21-9-5-4-6-10-21)28-20-13-14-29(18-20)22-11-7-8-12-23(22)31-2/h4-12,16-17,20H,3,13-15,18H2,1-2H3,(H2,25,26,28). The Morgan fingerprint density at radius 2 is 1.97 bits per heavy atom. The normalized spacial score (nSPS) is 16.4.